The number of hydrogen-bond donors (Lipinski definition) is 3. The molecule has 0 unspecified atom stereocenters. The summed E-state index contributed by atoms with van der Waals surface area (Å²) in [6, 6.07) is 6.80. The maximum Gasteiger partial charge on any atom is 0.490 e. The third kappa shape index (κ3) is 6.19. The Morgan fingerprint density at radius 3 is 2.29 bits per heavy atom. The van der Waals surface area contributed by atoms with Crippen LogP contribution in [-0.4, -0.2) is 42.3 Å². The molecule has 0 bridgehead atoms. The minimum atomic E-state index is -5.08. The van der Waals surface area contributed by atoms with E-state index in [0.717, 1.165) is 44.3 Å². The van der Waals surface area contributed by atoms with Gasteiger partial charge < -0.3 is 15.7 Å². The van der Waals surface area contributed by atoms with Crippen molar-refractivity contribution in [3.8, 4) is 0 Å². The van der Waals surface area contributed by atoms with Gasteiger partial charge in [0.2, 0.25) is 5.91 Å². The van der Waals surface area contributed by atoms with Crippen LogP contribution < -0.4 is 10.6 Å². The minimum absolute atomic E-state index is 0.186. The van der Waals surface area contributed by atoms with Crippen LogP contribution in [0, 0.1) is 17.2 Å². The smallest absolute Gasteiger partial charge is 0.475 e. The van der Waals surface area contributed by atoms with Crippen LogP contribution in [0.1, 0.15) is 31.7 Å². The molecule has 3 N–H and O–H groups in total. The van der Waals surface area contributed by atoms with Gasteiger partial charge in [-0.2, -0.15) is 13.2 Å². The van der Waals surface area contributed by atoms with E-state index in [0.29, 0.717) is 5.92 Å². The van der Waals surface area contributed by atoms with Crippen LogP contribution in [0.2, 0.25) is 0 Å². The first-order chi connectivity index (χ1) is 13.0. The van der Waals surface area contributed by atoms with Crippen molar-refractivity contribution in [2.24, 2.45) is 11.3 Å². The first-order valence-corrected chi connectivity index (χ1v) is 9.10. The summed E-state index contributed by atoms with van der Waals surface area (Å²) < 4.78 is 44.7. The Balaban J connectivity index is 0.000000345. The Labute approximate surface area is 160 Å². The predicted molar refractivity (Wildman–Crippen MR) is 94.0 cm³/mol. The lowest BCUT2D eigenvalue weighted by Gasteiger charge is -2.31. The van der Waals surface area contributed by atoms with Crippen LogP contribution in [0.5, 0.6) is 0 Å². The maximum absolute atomic E-state index is 13.0. The van der Waals surface area contributed by atoms with Crippen molar-refractivity contribution >= 4 is 11.9 Å². The van der Waals surface area contributed by atoms with E-state index in [-0.39, 0.29) is 23.2 Å². The number of carbonyl (C=O) groups excluding carboxylic acids is 1. The van der Waals surface area contributed by atoms with Crippen LogP contribution >= 0.6 is 0 Å². The lowest BCUT2D eigenvalue weighted by molar-refractivity contribution is -0.192. The summed E-state index contributed by atoms with van der Waals surface area (Å²) in [6.07, 6.45) is -1.48. The fourth-order valence-electron chi connectivity index (χ4n) is 3.18. The van der Waals surface area contributed by atoms with Crippen LogP contribution in [-0.2, 0) is 16.0 Å². The lowest BCUT2D eigenvalue weighted by Crippen LogP contribution is -2.50. The molecule has 1 aromatic carbocycles. The Kier molecular flexibility index (Phi) is 7.03. The zero-order chi connectivity index (χ0) is 20.9. The molecule has 1 heterocycles. The summed E-state index contributed by atoms with van der Waals surface area (Å²) in [7, 11) is 0. The molecule has 1 saturated heterocycles. The Hall–Kier alpha value is -2.16. The first kappa shape index (κ1) is 22.1. The highest BCUT2D eigenvalue weighted by molar-refractivity contribution is 5.86. The van der Waals surface area contributed by atoms with E-state index in [1.54, 1.807) is 12.1 Å². The van der Waals surface area contributed by atoms with Crippen molar-refractivity contribution in [3.63, 3.8) is 0 Å². The first-order valence-electron chi connectivity index (χ1n) is 9.10. The van der Waals surface area contributed by atoms with Crippen molar-refractivity contribution in [2.75, 3.05) is 13.1 Å². The summed E-state index contributed by atoms with van der Waals surface area (Å²) in [4.78, 5) is 21.5. The number of halogens is 4. The Bertz CT molecular complexity index is 687. The fraction of sp³-hybridized carbons (Fsp3) is 0.579. The Morgan fingerprint density at radius 1 is 1.25 bits per heavy atom. The van der Waals surface area contributed by atoms with E-state index in [4.69, 9.17) is 9.90 Å². The Morgan fingerprint density at radius 2 is 1.82 bits per heavy atom. The van der Waals surface area contributed by atoms with E-state index in [9.17, 15) is 22.4 Å². The molecule has 5 nitrogen and oxygen atoms in total. The van der Waals surface area contributed by atoms with Gasteiger partial charge in [0.15, 0.2) is 0 Å². The maximum atomic E-state index is 13.0. The van der Waals surface area contributed by atoms with Gasteiger partial charge in [-0.05, 0) is 62.4 Å². The molecule has 28 heavy (non-hydrogen) atoms. The molecule has 2 atom stereocenters. The van der Waals surface area contributed by atoms with E-state index < -0.39 is 12.1 Å². The molecule has 156 valence electrons. The summed E-state index contributed by atoms with van der Waals surface area (Å²) >= 11 is 0. The molecule has 0 aromatic heterocycles. The number of amides is 1. The van der Waals surface area contributed by atoms with Crippen molar-refractivity contribution in [3.05, 3.63) is 35.6 Å². The van der Waals surface area contributed by atoms with Gasteiger partial charge >= 0.3 is 12.1 Å². The lowest BCUT2D eigenvalue weighted by atomic mass is 9.91. The quantitative estimate of drug-likeness (QED) is 0.675. The number of aliphatic carboxylic acids is 1. The molecular weight excluding hydrogens is 380 g/mol. The molecule has 2 fully saturated rings. The second-order valence-electron chi connectivity index (χ2n) is 7.44. The molecule has 1 aliphatic heterocycles. The van der Waals surface area contributed by atoms with Gasteiger partial charge in [-0.15, -0.1) is 0 Å². The van der Waals surface area contributed by atoms with Crippen molar-refractivity contribution in [1.82, 2.24) is 10.6 Å². The summed E-state index contributed by atoms with van der Waals surface area (Å²) in [6.45, 7) is 4.12. The highest BCUT2D eigenvalue weighted by Gasteiger charge is 2.50. The normalized spacial score (nSPS) is 23.2. The number of rotatable bonds is 4. The monoisotopic (exact) mass is 404 g/mol. The average molecular weight is 404 g/mol. The number of benzene rings is 1. The number of carboxylic acids is 1. The van der Waals surface area contributed by atoms with E-state index in [1.165, 1.54) is 12.1 Å². The highest BCUT2D eigenvalue weighted by atomic mass is 19.4. The molecule has 9 heteroatoms. The molecule has 1 aromatic rings. The van der Waals surface area contributed by atoms with E-state index in [2.05, 4.69) is 17.6 Å². The predicted octanol–water partition coefficient (Wildman–Crippen LogP) is 2.90. The van der Waals surface area contributed by atoms with Gasteiger partial charge in [0.25, 0.3) is 0 Å². The van der Waals surface area contributed by atoms with Gasteiger partial charge in [-0.1, -0.05) is 19.1 Å². The van der Waals surface area contributed by atoms with E-state index in [1.807, 2.05) is 0 Å². The zero-order valence-corrected chi connectivity index (χ0v) is 15.5. The number of piperidine rings is 1. The average Bonchev–Trinajstić information content (AvgIpc) is 3.39. The molecule has 2 aliphatic rings. The number of carbonyl (C=O) groups is 2. The molecule has 0 radical (unpaired) electrons. The van der Waals surface area contributed by atoms with Crippen LogP contribution in [0.3, 0.4) is 0 Å². The zero-order valence-electron chi connectivity index (χ0n) is 15.5. The standard InChI is InChI=1S/C17H23FN2O.C2HF3O2/c1-12-11-19-9-6-15(12)20-16(21)17(7-8-17)10-13-2-4-14(18)5-3-13;3-2(4,5)1(6)7/h2-5,12,15,19H,6-11H2,1H3,(H,20,21);(H,6,7)/t12-,15-;/m0./s1. The van der Waals surface area contributed by atoms with Crippen molar-refractivity contribution in [2.45, 2.75) is 44.8 Å². The minimum Gasteiger partial charge on any atom is -0.475 e. The second-order valence-corrected chi connectivity index (χ2v) is 7.44. The number of hydrogen-bond acceptors (Lipinski definition) is 3. The van der Waals surface area contributed by atoms with Gasteiger partial charge in [-0.25, -0.2) is 9.18 Å². The van der Waals surface area contributed by atoms with Gasteiger partial charge in [0.05, 0.1) is 5.41 Å². The molecule has 1 aliphatic carbocycles. The summed E-state index contributed by atoms with van der Waals surface area (Å²) in [5.74, 6) is -2.32. The third-order valence-corrected chi connectivity index (χ3v) is 5.14. The van der Waals surface area contributed by atoms with Gasteiger partial charge in [-0.3, -0.25) is 4.79 Å². The molecule has 0 spiro atoms. The van der Waals surface area contributed by atoms with Crippen LogP contribution in [0.15, 0.2) is 24.3 Å². The van der Waals surface area contributed by atoms with Crippen molar-refractivity contribution in [1.29, 1.82) is 0 Å². The van der Waals surface area contributed by atoms with Crippen LogP contribution in [0.25, 0.3) is 0 Å². The summed E-state index contributed by atoms with van der Waals surface area (Å²) in [5, 5.41) is 13.7. The SMILES string of the molecule is C[C@H]1CNCC[C@@H]1NC(=O)C1(Cc2ccc(F)cc2)CC1.O=C(O)C(F)(F)F. The second kappa shape index (κ2) is 8.89. The molecule has 1 saturated carbocycles. The highest BCUT2D eigenvalue weighted by Crippen LogP contribution is 2.48. The molecule has 3 rings (SSSR count). The van der Waals surface area contributed by atoms with Gasteiger partial charge in [0, 0.05) is 6.04 Å². The number of carboxylic acid groups (broad SMARTS) is 1. The largest absolute Gasteiger partial charge is 0.490 e. The topological polar surface area (TPSA) is 78.4 Å². The van der Waals surface area contributed by atoms with E-state index >= 15 is 0 Å². The molecule has 1 amide bonds. The number of alkyl halides is 3. The van der Waals surface area contributed by atoms with Crippen molar-refractivity contribution < 1.29 is 32.3 Å². The number of nitrogens with one attached hydrogen (secondary N) is 2. The fourth-order valence-corrected chi connectivity index (χ4v) is 3.18. The van der Waals surface area contributed by atoms with Crippen LogP contribution in [0.4, 0.5) is 17.6 Å². The molecular formula is C19H24F4N2O3. The van der Waals surface area contributed by atoms with Gasteiger partial charge in [0.1, 0.15) is 5.82 Å². The third-order valence-electron chi connectivity index (χ3n) is 5.14. The summed E-state index contributed by atoms with van der Waals surface area (Å²) in [5.41, 5.74) is 0.796.